The average molecular weight is 449 g/mol. The van der Waals surface area contributed by atoms with Crippen LogP contribution < -0.4 is 20.9 Å². The molecule has 2 aromatic carbocycles. The molecule has 32 heavy (non-hydrogen) atoms. The Kier molecular flexibility index (Phi) is 6.09. The van der Waals surface area contributed by atoms with Crippen LogP contribution >= 0.6 is 11.6 Å². The molecule has 0 aliphatic heterocycles. The van der Waals surface area contributed by atoms with Crippen LogP contribution in [0.25, 0.3) is 5.65 Å². The van der Waals surface area contributed by atoms with Crippen LogP contribution in [0.15, 0.2) is 71.7 Å². The summed E-state index contributed by atoms with van der Waals surface area (Å²) in [6, 6.07) is 17.0. The van der Waals surface area contributed by atoms with Crippen LogP contribution in [0.3, 0.4) is 0 Å². The molecule has 2 heterocycles. The Balaban J connectivity index is 1.43. The summed E-state index contributed by atoms with van der Waals surface area (Å²) in [7, 11) is 0. The van der Waals surface area contributed by atoms with Crippen molar-refractivity contribution in [3.8, 4) is 5.75 Å². The second kappa shape index (κ2) is 9.11. The number of pyridine rings is 1. The third kappa shape index (κ3) is 4.90. The van der Waals surface area contributed by atoms with Crippen molar-refractivity contribution in [2.24, 2.45) is 0 Å². The summed E-state index contributed by atoms with van der Waals surface area (Å²) in [6.07, 6.45) is 1.70. The quantitative estimate of drug-likeness (QED) is 0.440. The van der Waals surface area contributed by atoms with Crippen molar-refractivity contribution >= 4 is 34.7 Å². The molecule has 2 aromatic heterocycles. The molecule has 0 radical (unpaired) electrons. The molecule has 2 N–H and O–H groups in total. The summed E-state index contributed by atoms with van der Waals surface area (Å²) in [5, 5.41) is 6.13. The Morgan fingerprint density at radius 2 is 1.88 bits per heavy atom. The van der Waals surface area contributed by atoms with E-state index in [2.05, 4.69) is 15.6 Å². The van der Waals surface area contributed by atoms with Gasteiger partial charge in [0.1, 0.15) is 18.0 Å². The Labute approximate surface area is 189 Å². The Hall–Kier alpha value is -3.84. The fourth-order valence-corrected chi connectivity index (χ4v) is 3.35. The normalized spacial score (nSPS) is 10.7. The number of carbonyl (C=O) groups is 1. The maximum absolute atomic E-state index is 12.4. The lowest BCUT2D eigenvalue weighted by Crippen LogP contribution is -2.20. The highest BCUT2D eigenvalue weighted by atomic mass is 35.5. The van der Waals surface area contributed by atoms with Gasteiger partial charge in [0, 0.05) is 34.7 Å². The number of amides is 2. The number of benzene rings is 2. The molecule has 0 saturated heterocycles. The highest BCUT2D eigenvalue weighted by molar-refractivity contribution is 6.31. The van der Waals surface area contributed by atoms with E-state index in [0.29, 0.717) is 33.5 Å². The number of nitrogens with one attached hydrogen (secondary N) is 2. The number of aromatic nitrogens is 2. The van der Waals surface area contributed by atoms with Crippen molar-refractivity contribution in [1.82, 2.24) is 9.38 Å². The third-order valence-corrected chi connectivity index (χ3v) is 5.28. The van der Waals surface area contributed by atoms with Gasteiger partial charge >= 0.3 is 6.03 Å². The molecule has 0 atom stereocenters. The summed E-state index contributed by atoms with van der Waals surface area (Å²) in [5.74, 6) is 0.535. The number of halogens is 1. The van der Waals surface area contributed by atoms with Gasteiger partial charge in [-0.2, -0.15) is 0 Å². The van der Waals surface area contributed by atoms with E-state index in [0.717, 1.165) is 11.1 Å². The maximum Gasteiger partial charge on any atom is 0.323 e. The summed E-state index contributed by atoms with van der Waals surface area (Å²) in [6.45, 7) is 3.90. The van der Waals surface area contributed by atoms with Gasteiger partial charge in [-0.1, -0.05) is 23.7 Å². The smallest absolute Gasteiger partial charge is 0.323 e. The predicted molar refractivity (Wildman–Crippen MR) is 126 cm³/mol. The van der Waals surface area contributed by atoms with Crippen molar-refractivity contribution in [3.05, 3.63) is 99.1 Å². The maximum atomic E-state index is 12.4. The molecule has 0 aliphatic rings. The zero-order valence-corrected chi connectivity index (χ0v) is 18.3. The van der Waals surface area contributed by atoms with Crippen molar-refractivity contribution in [2.45, 2.75) is 20.5 Å². The molecular formula is C24H21ClN4O3. The van der Waals surface area contributed by atoms with Crippen LogP contribution in [-0.4, -0.2) is 15.4 Å². The first-order valence-electron chi connectivity index (χ1n) is 9.94. The van der Waals surface area contributed by atoms with Crippen LogP contribution in [0.2, 0.25) is 5.02 Å². The van der Waals surface area contributed by atoms with Gasteiger partial charge < -0.3 is 15.4 Å². The zero-order chi connectivity index (χ0) is 22.7. The van der Waals surface area contributed by atoms with Gasteiger partial charge in [-0.3, -0.25) is 9.20 Å². The number of anilines is 2. The van der Waals surface area contributed by atoms with Gasteiger partial charge in [0.05, 0.1) is 5.69 Å². The Bertz CT molecular complexity index is 1370. The molecule has 162 valence electrons. The molecule has 0 unspecified atom stereocenters. The second-order valence-electron chi connectivity index (χ2n) is 7.33. The van der Waals surface area contributed by atoms with Gasteiger partial charge in [0.15, 0.2) is 0 Å². The van der Waals surface area contributed by atoms with E-state index >= 15 is 0 Å². The molecule has 2 amide bonds. The topological polar surface area (TPSA) is 84.7 Å². The second-order valence-corrected chi connectivity index (χ2v) is 7.73. The number of hydrogen-bond acceptors (Lipinski definition) is 4. The van der Waals surface area contributed by atoms with Gasteiger partial charge in [-0.25, -0.2) is 9.78 Å². The van der Waals surface area contributed by atoms with Crippen LogP contribution in [0.1, 0.15) is 16.8 Å². The first kappa shape index (κ1) is 21.4. The van der Waals surface area contributed by atoms with Gasteiger partial charge in [-0.15, -0.1) is 0 Å². The largest absolute Gasteiger partial charge is 0.487 e. The van der Waals surface area contributed by atoms with E-state index < -0.39 is 6.03 Å². The molecule has 0 aliphatic carbocycles. The summed E-state index contributed by atoms with van der Waals surface area (Å²) in [5.41, 5.74) is 3.91. The average Bonchev–Trinajstić information content (AvgIpc) is 2.75. The van der Waals surface area contributed by atoms with Crippen LogP contribution in [0, 0.1) is 13.8 Å². The number of urea groups is 1. The number of aryl methyl sites for hydroxylation is 1. The predicted octanol–water partition coefficient (Wildman–Crippen LogP) is 5.19. The molecule has 0 saturated carbocycles. The summed E-state index contributed by atoms with van der Waals surface area (Å²) in [4.78, 5) is 29.2. The first-order valence-corrected chi connectivity index (χ1v) is 10.3. The van der Waals surface area contributed by atoms with E-state index in [4.69, 9.17) is 16.3 Å². The molecule has 0 bridgehead atoms. The lowest BCUT2D eigenvalue weighted by atomic mass is 10.2. The van der Waals surface area contributed by atoms with E-state index in [-0.39, 0.29) is 12.2 Å². The Morgan fingerprint density at radius 3 is 2.72 bits per heavy atom. The number of carbonyl (C=O) groups excluding carboxylic acids is 1. The van der Waals surface area contributed by atoms with E-state index in [1.165, 1.54) is 10.5 Å². The molecule has 8 heteroatoms. The molecule has 0 spiro atoms. The highest BCUT2D eigenvalue weighted by Crippen LogP contribution is 2.23. The zero-order valence-electron chi connectivity index (χ0n) is 17.6. The molecular weight excluding hydrogens is 428 g/mol. The highest BCUT2D eigenvalue weighted by Gasteiger charge is 2.08. The van der Waals surface area contributed by atoms with Crippen LogP contribution in [0.4, 0.5) is 16.2 Å². The molecule has 4 aromatic rings. The molecule has 4 rings (SSSR count). The number of nitrogens with zero attached hydrogens (tertiary/aromatic N) is 2. The fraction of sp³-hybridized carbons (Fsp3) is 0.125. The fourth-order valence-electron chi connectivity index (χ4n) is 3.18. The number of hydrogen-bond donors (Lipinski definition) is 2. The first-order chi connectivity index (χ1) is 15.4. The van der Waals surface area contributed by atoms with Crippen LogP contribution in [0.5, 0.6) is 5.75 Å². The van der Waals surface area contributed by atoms with E-state index in [1.54, 1.807) is 48.7 Å². The number of ether oxygens (including phenoxy) is 1. The van der Waals surface area contributed by atoms with Crippen molar-refractivity contribution < 1.29 is 9.53 Å². The summed E-state index contributed by atoms with van der Waals surface area (Å²) >= 11 is 6.10. The molecule has 7 nitrogen and oxygen atoms in total. The van der Waals surface area contributed by atoms with Crippen molar-refractivity contribution in [2.75, 3.05) is 10.6 Å². The minimum Gasteiger partial charge on any atom is -0.487 e. The van der Waals surface area contributed by atoms with Gasteiger partial charge in [0.2, 0.25) is 0 Å². The van der Waals surface area contributed by atoms with Crippen molar-refractivity contribution in [1.29, 1.82) is 0 Å². The lowest BCUT2D eigenvalue weighted by Gasteiger charge is -2.12. The third-order valence-electron chi connectivity index (χ3n) is 4.87. The molecule has 0 fully saturated rings. The van der Waals surface area contributed by atoms with Gasteiger partial charge in [0.25, 0.3) is 5.56 Å². The number of fused-ring (bicyclic) bond motifs is 1. The number of rotatable bonds is 5. The van der Waals surface area contributed by atoms with Gasteiger partial charge in [-0.05, 0) is 61.4 Å². The minimum atomic E-state index is -0.396. The van der Waals surface area contributed by atoms with E-state index in [1.807, 2.05) is 26.0 Å². The lowest BCUT2D eigenvalue weighted by molar-refractivity contribution is 0.262. The Morgan fingerprint density at radius 1 is 1.06 bits per heavy atom. The minimum absolute atomic E-state index is 0.122. The van der Waals surface area contributed by atoms with Crippen LogP contribution in [-0.2, 0) is 6.61 Å². The standard InChI is InChI=1S/C24H21ClN4O3/c1-15-9-10-29-22(11-15)26-18(13-23(29)30)14-32-19-6-3-5-17(12-19)27-24(31)28-21-8-4-7-20(25)16(21)2/h3-13H,14H2,1-2H3,(H2,27,28,31). The monoisotopic (exact) mass is 448 g/mol. The van der Waals surface area contributed by atoms with Crippen molar-refractivity contribution in [3.63, 3.8) is 0 Å². The SMILES string of the molecule is Cc1ccn2c(=O)cc(COc3cccc(NC(=O)Nc4cccc(Cl)c4C)c3)nc2c1. The van der Waals surface area contributed by atoms with E-state index in [9.17, 15) is 9.59 Å². The summed E-state index contributed by atoms with van der Waals surface area (Å²) < 4.78 is 7.29.